The van der Waals surface area contributed by atoms with Crippen LogP contribution in [0.2, 0.25) is 5.02 Å². The smallest absolute Gasteiger partial charge is 0.0417 e. The molecule has 4 heterocycles. The second-order valence-electron chi connectivity index (χ2n) is 13.5. The van der Waals surface area contributed by atoms with Gasteiger partial charge in [0, 0.05) is 61.1 Å². The van der Waals surface area contributed by atoms with Crippen LogP contribution in [0, 0.1) is 0 Å². The first-order valence-corrected chi connectivity index (χ1v) is 16.8. The quantitative estimate of drug-likeness (QED) is 0.317. The third-order valence-electron chi connectivity index (χ3n) is 10.4. The van der Waals surface area contributed by atoms with E-state index < -0.39 is 0 Å². The molecule has 222 valence electrons. The SMILES string of the molecule is CC(C)N1CCCC1c1ccc(CC(C)N2CCCC2c2cc(Cl)ccc2C2=CCN(C)CC2)cc1N1CCCC1. The Bertz CT molecular complexity index is 1230. The Morgan fingerprint density at radius 1 is 0.805 bits per heavy atom. The van der Waals surface area contributed by atoms with Gasteiger partial charge in [0.05, 0.1) is 0 Å². The van der Waals surface area contributed by atoms with E-state index in [2.05, 4.69) is 89.9 Å². The summed E-state index contributed by atoms with van der Waals surface area (Å²) in [7, 11) is 2.21. The highest BCUT2D eigenvalue weighted by molar-refractivity contribution is 6.30. The van der Waals surface area contributed by atoms with E-state index in [1.54, 1.807) is 5.56 Å². The van der Waals surface area contributed by atoms with Gasteiger partial charge in [0.15, 0.2) is 0 Å². The van der Waals surface area contributed by atoms with Gasteiger partial charge < -0.3 is 9.80 Å². The summed E-state index contributed by atoms with van der Waals surface area (Å²) in [5.74, 6) is 0. The first-order chi connectivity index (χ1) is 19.9. The molecule has 3 saturated heterocycles. The van der Waals surface area contributed by atoms with Crippen molar-refractivity contribution in [2.24, 2.45) is 0 Å². The van der Waals surface area contributed by atoms with Gasteiger partial charge in [0.1, 0.15) is 0 Å². The Balaban J connectivity index is 1.25. The lowest BCUT2D eigenvalue weighted by Crippen LogP contribution is -2.35. The van der Waals surface area contributed by atoms with Crippen molar-refractivity contribution in [1.82, 2.24) is 14.7 Å². The minimum absolute atomic E-state index is 0.440. The van der Waals surface area contributed by atoms with Crippen LogP contribution in [-0.2, 0) is 6.42 Å². The summed E-state index contributed by atoms with van der Waals surface area (Å²) >= 11 is 6.64. The molecular formula is C36H51ClN4. The van der Waals surface area contributed by atoms with E-state index in [1.807, 2.05) is 0 Å². The zero-order valence-electron chi connectivity index (χ0n) is 25.9. The summed E-state index contributed by atoms with van der Waals surface area (Å²) in [5.41, 5.74) is 8.96. The molecule has 2 aromatic rings. The van der Waals surface area contributed by atoms with Crippen LogP contribution in [0.3, 0.4) is 0 Å². The van der Waals surface area contributed by atoms with Gasteiger partial charge >= 0.3 is 0 Å². The first-order valence-electron chi connectivity index (χ1n) is 16.5. The fourth-order valence-corrected chi connectivity index (χ4v) is 8.38. The maximum Gasteiger partial charge on any atom is 0.0417 e. The van der Waals surface area contributed by atoms with Crippen LogP contribution in [0.4, 0.5) is 5.69 Å². The standard InChI is InChI=1S/C36H51ClN4/c1-26(2)40-19-7-9-34(40)32-13-11-28(24-36(32)39-17-5-6-18-39)23-27(3)41-20-8-10-35(41)33-25-30(37)12-14-31(33)29-15-21-38(4)22-16-29/h11-15,24-27,34-35H,5-10,16-23H2,1-4H3. The normalized spacial score (nSPS) is 25.4. The van der Waals surface area contributed by atoms with Crippen molar-refractivity contribution in [3.8, 4) is 0 Å². The second kappa shape index (κ2) is 12.8. The van der Waals surface area contributed by atoms with Gasteiger partial charge in [0.2, 0.25) is 0 Å². The molecule has 0 aliphatic carbocycles. The highest BCUT2D eigenvalue weighted by atomic mass is 35.5. The number of rotatable bonds is 8. The number of anilines is 1. The van der Waals surface area contributed by atoms with Crippen LogP contribution in [-0.4, -0.2) is 73.1 Å². The number of nitrogens with zero attached hydrogens (tertiary/aromatic N) is 4. The largest absolute Gasteiger partial charge is 0.371 e. The number of hydrogen-bond acceptors (Lipinski definition) is 4. The van der Waals surface area contributed by atoms with Crippen LogP contribution < -0.4 is 4.90 Å². The van der Waals surface area contributed by atoms with E-state index >= 15 is 0 Å². The molecule has 0 saturated carbocycles. The minimum atomic E-state index is 0.440. The van der Waals surface area contributed by atoms with E-state index in [-0.39, 0.29) is 0 Å². The van der Waals surface area contributed by atoms with Crippen molar-refractivity contribution in [2.75, 3.05) is 51.2 Å². The third kappa shape index (κ3) is 6.27. The zero-order chi connectivity index (χ0) is 28.5. The summed E-state index contributed by atoms with van der Waals surface area (Å²) in [5, 5.41) is 0.866. The fourth-order valence-electron chi connectivity index (χ4n) is 8.20. The average molecular weight is 575 g/mol. The lowest BCUT2D eigenvalue weighted by molar-refractivity contribution is 0.191. The van der Waals surface area contributed by atoms with Crippen LogP contribution in [0.25, 0.3) is 5.57 Å². The molecule has 0 radical (unpaired) electrons. The summed E-state index contributed by atoms with van der Waals surface area (Å²) < 4.78 is 0. The van der Waals surface area contributed by atoms with Gasteiger partial charge in [-0.25, -0.2) is 0 Å². The van der Waals surface area contributed by atoms with Crippen LogP contribution >= 0.6 is 11.6 Å². The molecule has 41 heavy (non-hydrogen) atoms. The molecule has 2 aromatic carbocycles. The van der Waals surface area contributed by atoms with Crippen molar-refractivity contribution in [3.05, 3.63) is 69.8 Å². The first kappa shape index (κ1) is 29.2. The van der Waals surface area contributed by atoms with E-state index in [0.29, 0.717) is 24.2 Å². The Morgan fingerprint density at radius 2 is 1.54 bits per heavy atom. The third-order valence-corrected chi connectivity index (χ3v) is 10.6. The Hall–Kier alpha value is -1.85. The molecular weight excluding hydrogens is 524 g/mol. The Morgan fingerprint density at radius 3 is 2.24 bits per heavy atom. The second-order valence-corrected chi connectivity index (χ2v) is 13.9. The predicted molar refractivity (Wildman–Crippen MR) is 175 cm³/mol. The Labute approximate surface area is 254 Å². The lowest BCUT2D eigenvalue weighted by atomic mass is 9.90. The fraction of sp³-hybridized carbons (Fsp3) is 0.611. The number of likely N-dealkylation sites (N-methyl/N-ethyl adjacent to an activating group) is 1. The van der Waals surface area contributed by atoms with Crippen LogP contribution in [0.5, 0.6) is 0 Å². The van der Waals surface area contributed by atoms with E-state index in [4.69, 9.17) is 11.6 Å². The van der Waals surface area contributed by atoms with Crippen molar-refractivity contribution < 1.29 is 0 Å². The van der Waals surface area contributed by atoms with E-state index in [9.17, 15) is 0 Å². The van der Waals surface area contributed by atoms with Gasteiger partial charge in [-0.2, -0.15) is 0 Å². The Kier molecular flexibility index (Phi) is 9.12. The molecule has 0 amide bonds. The maximum atomic E-state index is 6.64. The van der Waals surface area contributed by atoms with Crippen LogP contribution in [0.1, 0.15) is 100 Å². The molecule has 0 bridgehead atoms. The topological polar surface area (TPSA) is 13.0 Å². The molecule has 5 heteroatoms. The molecule has 4 nitrogen and oxygen atoms in total. The van der Waals surface area contributed by atoms with E-state index in [1.165, 1.54) is 92.7 Å². The summed E-state index contributed by atoms with van der Waals surface area (Å²) in [6.45, 7) is 14.2. The molecule has 6 rings (SSSR count). The number of likely N-dealkylation sites (tertiary alicyclic amines) is 2. The van der Waals surface area contributed by atoms with Crippen molar-refractivity contribution in [2.45, 2.75) is 96.3 Å². The number of halogens is 1. The van der Waals surface area contributed by atoms with Gasteiger partial charge in [-0.3, -0.25) is 9.80 Å². The molecule has 4 aliphatic heterocycles. The number of hydrogen-bond donors (Lipinski definition) is 0. The monoisotopic (exact) mass is 574 g/mol. The molecule has 0 N–H and O–H groups in total. The highest BCUT2D eigenvalue weighted by Crippen LogP contribution is 2.42. The maximum absolute atomic E-state index is 6.64. The molecule has 0 aromatic heterocycles. The number of benzene rings is 2. The molecule has 3 atom stereocenters. The molecule has 3 fully saturated rings. The van der Waals surface area contributed by atoms with Crippen LogP contribution in [0.15, 0.2) is 42.5 Å². The molecule has 4 aliphatic rings. The van der Waals surface area contributed by atoms with Gasteiger partial charge in [-0.05, 0) is 138 Å². The summed E-state index contributed by atoms with van der Waals surface area (Å²) in [6, 6.07) is 16.3. The lowest BCUT2D eigenvalue weighted by Gasteiger charge is -2.34. The summed E-state index contributed by atoms with van der Waals surface area (Å²) in [4.78, 5) is 10.6. The van der Waals surface area contributed by atoms with Crippen molar-refractivity contribution in [1.29, 1.82) is 0 Å². The minimum Gasteiger partial charge on any atom is -0.371 e. The predicted octanol–water partition coefficient (Wildman–Crippen LogP) is 7.97. The van der Waals surface area contributed by atoms with Gasteiger partial charge in [-0.1, -0.05) is 35.9 Å². The van der Waals surface area contributed by atoms with Crippen molar-refractivity contribution in [3.63, 3.8) is 0 Å². The van der Waals surface area contributed by atoms with Crippen molar-refractivity contribution >= 4 is 22.9 Å². The highest BCUT2D eigenvalue weighted by Gasteiger charge is 2.34. The molecule has 0 spiro atoms. The van der Waals surface area contributed by atoms with Gasteiger partial charge in [0.25, 0.3) is 0 Å². The average Bonchev–Trinajstić information content (AvgIpc) is 3.75. The van der Waals surface area contributed by atoms with Gasteiger partial charge in [-0.15, -0.1) is 0 Å². The summed E-state index contributed by atoms with van der Waals surface area (Å²) in [6.07, 6.45) is 12.4. The zero-order valence-corrected chi connectivity index (χ0v) is 26.7. The van der Waals surface area contributed by atoms with E-state index in [0.717, 1.165) is 31.0 Å². The molecule has 3 unspecified atom stereocenters.